The first-order valence-corrected chi connectivity index (χ1v) is 8.84. The highest BCUT2D eigenvalue weighted by Crippen LogP contribution is 2.33. The van der Waals surface area contributed by atoms with Gasteiger partial charge in [-0.3, -0.25) is 9.48 Å². The molecule has 1 amide bonds. The molecule has 1 aromatic heterocycles. The Morgan fingerprint density at radius 2 is 2.20 bits per heavy atom. The molecule has 0 radical (unpaired) electrons. The number of fused-ring (bicyclic) bond motifs is 1. The molecule has 1 saturated carbocycles. The van der Waals surface area contributed by atoms with E-state index < -0.39 is 0 Å². The number of anilines is 1. The van der Waals surface area contributed by atoms with Crippen LogP contribution in [0.4, 0.5) is 5.69 Å². The van der Waals surface area contributed by atoms with Crippen molar-refractivity contribution in [3.05, 3.63) is 59.4 Å². The number of rotatable bonds is 5. The van der Waals surface area contributed by atoms with Crippen LogP contribution in [0, 0.1) is 6.92 Å². The van der Waals surface area contributed by atoms with E-state index >= 15 is 0 Å². The van der Waals surface area contributed by atoms with E-state index in [0.29, 0.717) is 25.8 Å². The molecule has 25 heavy (non-hydrogen) atoms. The molecule has 0 spiro atoms. The van der Waals surface area contributed by atoms with Crippen LogP contribution in [0.2, 0.25) is 0 Å². The minimum atomic E-state index is -0.102. The lowest BCUT2D eigenvalue weighted by Gasteiger charge is -2.27. The zero-order chi connectivity index (χ0) is 17.4. The normalized spacial score (nSPS) is 16.4. The number of hydrogen-bond acceptors (Lipinski definition) is 3. The van der Waals surface area contributed by atoms with Crippen LogP contribution in [-0.4, -0.2) is 15.7 Å². The van der Waals surface area contributed by atoms with Gasteiger partial charge in [-0.25, -0.2) is 0 Å². The summed E-state index contributed by atoms with van der Waals surface area (Å²) >= 11 is 0. The highest BCUT2D eigenvalue weighted by Gasteiger charge is 2.24. The molecule has 5 nitrogen and oxygen atoms in total. The molecule has 0 unspecified atom stereocenters. The standard InChI is InChI=1S/C20H23N3O2/c1-3-20(24)22(19-8-7-15-12-25-13-16(15)9-19)11-17-10-21-23(14(17)2)18-5-4-6-18/h3,7-10,18H,1,4-6,11-13H2,2H3. The molecule has 1 aromatic carbocycles. The zero-order valence-electron chi connectivity index (χ0n) is 14.6. The number of ether oxygens (including phenoxy) is 1. The first kappa shape index (κ1) is 16.1. The first-order chi connectivity index (χ1) is 12.2. The van der Waals surface area contributed by atoms with Crippen molar-refractivity contribution < 1.29 is 9.53 Å². The predicted octanol–water partition coefficient (Wildman–Crippen LogP) is 3.67. The lowest BCUT2D eigenvalue weighted by Crippen LogP contribution is -2.29. The topological polar surface area (TPSA) is 47.4 Å². The summed E-state index contributed by atoms with van der Waals surface area (Å²) in [6.45, 7) is 7.52. The molecular formula is C20H23N3O2. The maximum absolute atomic E-state index is 12.5. The average Bonchev–Trinajstić information content (AvgIpc) is 3.18. The molecule has 0 bridgehead atoms. The van der Waals surface area contributed by atoms with Crippen LogP contribution in [0.3, 0.4) is 0 Å². The number of hydrogen-bond donors (Lipinski definition) is 0. The molecule has 0 atom stereocenters. The third kappa shape index (κ3) is 2.89. The summed E-state index contributed by atoms with van der Waals surface area (Å²) < 4.78 is 7.60. The Morgan fingerprint density at radius 1 is 1.40 bits per heavy atom. The molecule has 4 rings (SSSR count). The number of aromatic nitrogens is 2. The Kier molecular flexibility index (Phi) is 4.17. The van der Waals surface area contributed by atoms with Gasteiger partial charge in [0.25, 0.3) is 5.91 Å². The molecule has 2 aromatic rings. The van der Waals surface area contributed by atoms with Gasteiger partial charge in [0.15, 0.2) is 0 Å². The van der Waals surface area contributed by atoms with Crippen LogP contribution >= 0.6 is 0 Å². The Bertz CT molecular complexity index is 820. The second-order valence-electron chi connectivity index (χ2n) is 6.86. The monoisotopic (exact) mass is 337 g/mol. The average molecular weight is 337 g/mol. The minimum Gasteiger partial charge on any atom is -0.372 e. The summed E-state index contributed by atoms with van der Waals surface area (Å²) in [7, 11) is 0. The van der Waals surface area contributed by atoms with Crippen LogP contribution in [0.25, 0.3) is 0 Å². The van der Waals surface area contributed by atoms with Gasteiger partial charge in [0.05, 0.1) is 32.0 Å². The van der Waals surface area contributed by atoms with Gasteiger partial charge in [-0.2, -0.15) is 5.10 Å². The molecule has 130 valence electrons. The summed E-state index contributed by atoms with van der Waals surface area (Å²) in [5.74, 6) is -0.102. The van der Waals surface area contributed by atoms with Crippen LogP contribution in [0.5, 0.6) is 0 Å². The smallest absolute Gasteiger partial charge is 0.250 e. The molecule has 5 heteroatoms. The minimum absolute atomic E-state index is 0.102. The molecular weight excluding hydrogens is 314 g/mol. The maximum atomic E-state index is 12.5. The van der Waals surface area contributed by atoms with Gasteiger partial charge < -0.3 is 9.64 Å². The molecule has 0 saturated heterocycles. The second-order valence-corrected chi connectivity index (χ2v) is 6.86. The summed E-state index contributed by atoms with van der Waals surface area (Å²) in [4.78, 5) is 14.3. The van der Waals surface area contributed by atoms with Crippen molar-refractivity contribution >= 4 is 11.6 Å². The molecule has 2 aliphatic rings. The summed E-state index contributed by atoms with van der Waals surface area (Å²) in [6.07, 6.45) is 6.94. The summed E-state index contributed by atoms with van der Waals surface area (Å²) in [5.41, 5.74) is 5.46. The molecule has 1 aliphatic heterocycles. The van der Waals surface area contributed by atoms with Gasteiger partial charge in [-0.15, -0.1) is 0 Å². The van der Waals surface area contributed by atoms with Crippen molar-refractivity contribution in [1.82, 2.24) is 9.78 Å². The fourth-order valence-corrected chi connectivity index (χ4v) is 3.52. The Labute approximate surface area is 147 Å². The van der Waals surface area contributed by atoms with Gasteiger partial charge in [0.2, 0.25) is 0 Å². The van der Waals surface area contributed by atoms with Crippen LogP contribution in [0.15, 0.2) is 37.1 Å². The van der Waals surface area contributed by atoms with Gasteiger partial charge >= 0.3 is 0 Å². The van der Waals surface area contributed by atoms with Crippen molar-refractivity contribution in [3.63, 3.8) is 0 Å². The molecule has 0 N–H and O–H groups in total. The number of benzene rings is 1. The summed E-state index contributed by atoms with van der Waals surface area (Å²) in [5, 5.41) is 4.56. The Balaban J connectivity index is 1.63. The molecule has 2 heterocycles. The van der Waals surface area contributed by atoms with Crippen molar-refractivity contribution in [1.29, 1.82) is 0 Å². The van der Waals surface area contributed by atoms with Gasteiger partial charge in [-0.1, -0.05) is 12.6 Å². The second kappa shape index (κ2) is 6.48. The lowest BCUT2D eigenvalue weighted by atomic mass is 9.93. The quantitative estimate of drug-likeness (QED) is 0.782. The van der Waals surface area contributed by atoms with E-state index in [-0.39, 0.29) is 5.91 Å². The third-order valence-corrected chi connectivity index (χ3v) is 5.35. The fourth-order valence-electron chi connectivity index (χ4n) is 3.52. The highest BCUT2D eigenvalue weighted by molar-refractivity contribution is 6.01. The zero-order valence-corrected chi connectivity index (χ0v) is 14.6. The van der Waals surface area contributed by atoms with Crippen LogP contribution in [0.1, 0.15) is 47.7 Å². The Hall–Kier alpha value is -2.40. The maximum Gasteiger partial charge on any atom is 0.250 e. The Morgan fingerprint density at radius 3 is 2.92 bits per heavy atom. The van der Waals surface area contributed by atoms with E-state index in [9.17, 15) is 4.79 Å². The van der Waals surface area contributed by atoms with Crippen molar-refractivity contribution in [2.45, 2.75) is 52.0 Å². The summed E-state index contributed by atoms with van der Waals surface area (Å²) in [6, 6.07) is 6.61. The van der Waals surface area contributed by atoms with E-state index in [1.807, 2.05) is 18.3 Å². The first-order valence-electron chi connectivity index (χ1n) is 8.84. The van der Waals surface area contributed by atoms with Crippen LogP contribution in [-0.2, 0) is 29.3 Å². The highest BCUT2D eigenvalue weighted by atomic mass is 16.5. The SMILES string of the molecule is C=CC(=O)N(Cc1cnn(C2CCC2)c1C)c1ccc2c(c1)COC2. The predicted molar refractivity (Wildman–Crippen MR) is 96.2 cm³/mol. The van der Waals surface area contributed by atoms with Gasteiger partial charge in [-0.05, 0) is 55.5 Å². The van der Waals surface area contributed by atoms with Crippen molar-refractivity contribution in [2.24, 2.45) is 0 Å². The number of nitrogens with zero attached hydrogens (tertiary/aromatic N) is 3. The number of carbonyl (C=O) groups excluding carboxylic acids is 1. The number of amides is 1. The van der Waals surface area contributed by atoms with Gasteiger partial charge in [0.1, 0.15) is 0 Å². The third-order valence-electron chi connectivity index (χ3n) is 5.35. The van der Waals surface area contributed by atoms with Crippen LogP contribution < -0.4 is 4.90 Å². The van der Waals surface area contributed by atoms with E-state index in [4.69, 9.17) is 4.74 Å². The largest absolute Gasteiger partial charge is 0.372 e. The van der Waals surface area contributed by atoms with E-state index in [2.05, 4.69) is 29.3 Å². The fraction of sp³-hybridized carbons (Fsp3) is 0.400. The number of carbonyl (C=O) groups is 1. The van der Waals surface area contributed by atoms with E-state index in [1.54, 1.807) is 4.90 Å². The van der Waals surface area contributed by atoms with E-state index in [0.717, 1.165) is 22.5 Å². The molecule has 1 fully saturated rings. The van der Waals surface area contributed by atoms with E-state index in [1.165, 1.54) is 30.9 Å². The van der Waals surface area contributed by atoms with Crippen molar-refractivity contribution in [3.8, 4) is 0 Å². The van der Waals surface area contributed by atoms with Crippen molar-refractivity contribution in [2.75, 3.05) is 4.90 Å². The molecule has 1 aliphatic carbocycles. The lowest BCUT2D eigenvalue weighted by molar-refractivity contribution is -0.114. The van der Waals surface area contributed by atoms with Gasteiger partial charge in [0, 0.05) is 16.9 Å².